The van der Waals surface area contributed by atoms with Gasteiger partial charge in [0.2, 0.25) is 0 Å². The second kappa shape index (κ2) is 7.70. The predicted octanol–water partition coefficient (Wildman–Crippen LogP) is 4.73. The SMILES string of the molecule is O=S(=O)(Nc1c(Cc2ccccc2)noc1-c1ccccc1)c1ccccc1. The number of aromatic nitrogens is 1. The molecule has 140 valence electrons. The van der Waals surface area contributed by atoms with Gasteiger partial charge in [-0.1, -0.05) is 84.0 Å². The Labute approximate surface area is 163 Å². The first-order chi connectivity index (χ1) is 13.6. The van der Waals surface area contributed by atoms with E-state index in [-0.39, 0.29) is 4.90 Å². The van der Waals surface area contributed by atoms with Crippen LogP contribution in [0.15, 0.2) is 100 Å². The van der Waals surface area contributed by atoms with E-state index in [0.29, 0.717) is 23.6 Å². The number of benzene rings is 3. The highest BCUT2D eigenvalue weighted by molar-refractivity contribution is 7.92. The van der Waals surface area contributed by atoms with Gasteiger partial charge in [-0.05, 0) is 17.7 Å². The van der Waals surface area contributed by atoms with Crippen LogP contribution in [0.2, 0.25) is 0 Å². The van der Waals surface area contributed by atoms with Gasteiger partial charge in [0, 0.05) is 12.0 Å². The fourth-order valence-electron chi connectivity index (χ4n) is 2.92. The molecule has 0 fully saturated rings. The lowest BCUT2D eigenvalue weighted by Gasteiger charge is -2.09. The first kappa shape index (κ1) is 18.0. The second-order valence-corrected chi connectivity index (χ2v) is 7.96. The topological polar surface area (TPSA) is 72.2 Å². The summed E-state index contributed by atoms with van der Waals surface area (Å²) in [5, 5.41) is 4.16. The highest BCUT2D eigenvalue weighted by atomic mass is 32.2. The molecule has 0 unspecified atom stereocenters. The van der Waals surface area contributed by atoms with Gasteiger partial charge in [-0.25, -0.2) is 8.42 Å². The Morgan fingerprint density at radius 3 is 2.00 bits per heavy atom. The van der Waals surface area contributed by atoms with Crippen molar-refractivity contribution in [1.29, 1.82) is 0 Å². The number of hydrogen-bond acceptors (Lipinski definition) is 4. The number of hydrogen-bond donors (Lipinski definition) is 1. The van der Waals surface area contributed by atoms with E-state index in [1.165, 1.54) is 0 Å². The van der Waals surface area contributed by atoms with Crippen molar-refractivity contribution >= 4 is 15.7 Å². The van der Waals surface area contributed by atoms with Crippen LogP contribution in [-0.2, 0) is 16.4 Å². The Morgan fingerprint density at radius 2 is 1.36 bits per heavy atom. The third-order valence-corrected chi connectivity index (χ3v) is 5.67. The van der Waals surface area contributed by atoms with Gasteiger partial charge in [-0.15, -0.1) is 0 Å². The summed E-state index contributed by atoms with van der Waals surface area (Å²) < 4.78 is 34.1. The minimum absolute atomic E-state index is 0.181. The van der Waals surface area contributed by atoms with Crippen molar-refractivity contribution in [3.8, 4) is 11.3 Å². The van der Waals surface area contributed by atoms with Gasteiger partial charge in [0.1, 0.15) is 11.4 Å². The lowest BCUT2D eigenvalue weighted by atomic mass is 10.1. The number of rotatable bonds is 6. The van der Waals surface area contributed by atoms with Crippen molar-refractivity contribution in [1.82, 2.24) is 5.16 Å². The van der Waals surface area contributed by atoms with Crippen LogP contribution in [0.4, 0.5) is 5.69 Å². The first-order valence-corrected chi connectivity index (χ1v) is 10.3. The highest BCUT2D eigenvalue weighted by Crippen LogP contribution is 2.34. The average Bonchev–Trinajstić information content (AvgIpc) is 3.11. The summed E-state index contributed by atoms with van der Waals surface area (Å²) in [5.41, 5.74) is 2.65. The maximum absolute atomic E-state index is 12.9. The standard InChI is InChI=1S/C22H18N2O3S/c25-28(26,19-14-8-3-9-15-19)24-21-20(16-17-10-4-1-5-11-17)23-27-22(21)18-12-6-2-7-13-18/h1-15,24H,16H2. The van der Waals surface area contributed by atoms with E-state index in [4.69, 9.17) is 4.52 Å². The minimum Gasteiger partial charge on any atom is -0.354 e. The van der Waals surface area contributed by atoms with E-state index in [9.17, 15) is 8.42 Å². The summed E-state index contributed by atoms with van der Waals surface area (Å²) >= 11 is 0. The van der Waals surface area contributed by atoms with Crippen LogP contribution in [0.5, 0.6) is 0 Å². The summed E-state index contributed by atoms with van der Waals surface area (Å²) in [6.07, 6.45) is 0.448. The molecule has 28 heavy (non-hydrogen) atoms. The van der Waals surface area contributed by atoms with Gasteiger partial charge >= 0.3 is 0 Å². The maximum atomic E-state index is 12.9. The number of sulfonamides is 1. The smallest absolute Gasteiger partial charge is 0.262 e. The van der Waals surface area contributed by atoms with Crippen molar-refractivity contribution in [3.05, 3.63) is 102 Å². The zero-order valence-electron chi connectivity index (χ0n) is 14.9. The fourth-order valence-corrected chi connectivity index (χ4v) is 4.03. The van der Waals surface area contributed by atoms with Crippen LogP contribution < -0.4 is 4.72 Å². The minimum atomic E-state index is -3.78. The molecule has 4 rings (SSSR count). The summed E-state index contributed by atoms with van der Waals surface area (Å²) in [7, 11) is -3.78. The predicted molar refractivity (Wildman–Crippen MR) is 108 cm³/mol. The van der Waals surface area contributed by atoms with Crippen LogP contribution in [0.1, 0.15) is 11.3 Å². The van der Waals surface area contributed by atoms with Crippen LogP contribution in [0.25, 0.3) is 11.3 Å². The zero-order valence-corrected chi connectivity index (χ0v) is 15.8. The molecule has 0 aliphatic rings. The molecule has 3 aromatic carbocycles. The molecule has 0 amide bonds. The van der Waals surface area contributed by atoms with Crippen molar-refractivity contribution < 1.29 is 12.9 Å². The van der Waals surface area contributed by atoms with Gasteiger partial charge in [0.25, 0.3) is 10.0 Å². The average molecular weight is 390 g/mol. The van der Waals surface area contributed by atoms with Crippen molar-refractivity contribution in [2.45, 2.75) is 11.3 Å². The van der Waals surface area contributed by atoms with E-state index < -0.39 is 10.0 Å². The molecule has 1 aromatic heterocycles. The van der Waals surface area contributed by atoms with Crippen molar-refractivity contribution in [2.75, 3.05) is 4.72 Å². The number of nitrogens with zero attached hydrogens (tertiary/aromatic N) is 1. The molecule has 0 saturated carbocycles. The monoisotopic (exact) mass is 390 g/mol. The van der Waals surface area contributed by atoms with E-state index in [2.05, 4.69) is 9.88 Å². The van der Waals surface area contributed by atoms with Crippen molar-refractivity contribution in [2.24, 2.45) is 0 Å². The third-order valence-electron chi connectivity index (χ3n) is 4.30. The van der Waals surface area contributed by atoms with Gasteiger partial charge in [0.15, 0.2) is 5.76 Å². The summed E-state index contributed by atoms with van der Waals surface area (Å²) in [6, 6.07) is 27.3. The van der Waals surface area contributed by atoms with Crippen LogP contribution in [-0.4, -0.2) is 13.6 Å². The summed E-state index contributed by atoms with van der Waals surface area (Å²) in [6.45, 7) is 0. The van der Waals surface area contributed by atoms with Gasteiger partial charge < -0.3 is 4.52 Å². The quantitative estimate of drug-likeness (QED) is 0.516. The van der Waals surface area contributed by atoms with Crippen LogP contribution in [0, 0.1) is 0 Å². The molecule has 6 heteroatoms. The normalized spacial score (nSPS) is 11.3. The molecular weight excluding hydrogens is 372 g/mol. The molecular formula is C22H18N2O3S. The van der Waals surface area contributed by atoms with Crippen LogP contribution >= 0.6 is 0 Å². The van der Waals surface area contributed by atoms with Gasteiger partial charge in [-0.2, -0.15) is 0 Å². The lowest BCUT2D eigenvalue weighted by molar-refractivity contribution is 0.425. The Kier molecular flexibility index (Phi) is 4.95. The van der Waals surface area contributed by atoms with E-state index >= 15 is 0 Å². The van der Waals surface area contributed by atoms with E-state index in [0.717, 1.165) is 11.1 Å². The molecule has 0 atom stereocenters. The lowest BCUT2D eigenvalue weighted by Crippen LogP contribution is -2.14. The highest BCUT2D eigenvalue weighted by Gasteiger charge is 2.23. The van der Waals surface area contributed by atoms with Gasteiger partial charge in [0.05, 0.1) is 4.90 Å². The molecule has 0 spiro atoms. The Balaban J connectivity index is 1.77. The molecule has 0 aliphatic heterocycles. The molecule has 0 aliphatic carbocycles. The number of nitrogens with one attached hydrogen (secondary N) is 1. The van der Waals surface area contributed by atoms with Crippen molar-refractivity contribution in [3.63, 3.8) is 0 Å². The first-order valence-electron chi connectivity index (χ1n) is 8.79. The molecule has 1 heterocycles. The zero-order chi connectivity index (χ0) is 19.4. The third kappa shape index (κ3) is 3.82. The Hall–Kier alpha value is -3.38. The molecule has 5 nitrogen and oxygen atoms in total. The molecule has 0 radical (unpaired) electrons. The molecule has 1 N–H and O–H groups in total. The summed E-state index contributed by atoms with van der Waals surface area (Å²) in [5.74, 6) is 0.394. The van der Waals surface area contributed by atoms with E-state index in [1.54, 1.807) is 30.3 Å². The maximum Gasteiger partial charge on any atom is 0.262 e. The molecule has 0 saturated heterocycles. The largest absolute Gasteiger partial charge is 0.354 e. The summed E-state index contributed by atoms with van der Waals surface area (Å²) in [4.78, 5) is 0.181. The number of anilines is 1. The molecule has 4 aromatic rings. The Morgan fingerprint density at radius 1 is 0.786 bits per heavy atom. The second-order valence-electron chi connectivity index (χ2n) is 6.28. The van der Waals surface area contributed by atoms with Crippen LogP contribution in [0.3, 0.4) is 0 Å². The van der Waals surface area contributed by atoms with Gasteiger partial charge in [-0.3, -0.25) is 4.72 Å². The van der Waals surface area contributed by atoms with E-state index in [1.807, 2.05) is 60.7 Å². The Bertz CT molecular complexity index is 1160. The molecule has 0 bridgehead atoms. The fraction of sp³-hybridized carbons (Fsp3) is 0.0455.